The lowest BCUT2D eigenvalue weighted by Crippen LogP contribution is -2.62. The highest BCUT2D eigenvalue weighted by Gasteiger charge is 2.65. The summed E-state index contributed by atoms with van der Waals surface area (Å²) in [4.78, 5) is 46.0. The molecule has 60 heavy (non-hydrogen) atoms. The predicted octanol–water partition coefficient (Wildman–Crippen LogP) is 9.49. The van der Waals surface area contributed by atoms with Gasteiger partial charge >= 0.3 is 11.9 Å². The number of esters is 2. The standard InChI is InChI=1S/C52H75N3O5/c1-32(2)46-43(56)29-52(53-35(5)55-27-13-16-37(55)30-54-25-11-12-26-54)24-20-42-38(47(46)52)17-18-45-50(6)23-21-44(34(4)41(50)19-22-51(42,45)7)60-49(58)40-28-39(33(40)3)48(57)59-31-36-14-9-8-10-15-36/h8-10,14-15,32-34,37-42,44-45,53H,5,11-13,16-31H2,1-4,6-7H3. The molecule has 0 radical (unpaired) electrons. The van der Waals surface area contributed by atoms with Crippen LogP contribution >= 0.6 is 0 Å². The van der Waals surface area contributed by atoms with Crippen LogP contribution in [0.25, 0.3) is 0 Å². The van der Waals surface area contributed by atoms with Crippen molar-refractivity contribution in [1.82, 2.24) is 15.1 Å². The van der Waals surface area contributed by atoms with Crippen LogP contribution in [0.4, 0.5) is 0 Å². The van der Waals surface area contributed by atoms with Gasteiger partial charge in [0.1, 0.15) is 12.7 Å². The molecule has 13 atom stereocenters. The molecule has 8 aliphatic rings. The number of hydrogen-bond acceptors (Lipinski definition) is 8. The summed E-state index contributed by atoms with van der Waals surface area (Å²) in [6, 6.07) is 10.3. The van der Waals surface area contributed by atoms with Crippen LogP contribution in [-0.4, -0.2) is 71.4 Å². The van der Waals surface area contributed by atoms with E-state index in [1.165, 1.54) is 63.6 Å². The summed E-state index contributed by atoms with van der Waals surface area (Å²) in [7, 11) is 0. The van der Waals surface area contributed by atoms with Gasteiger partial charge in [-0.1, -0.05) is 78.5 Å². The van der Waals surface area contributed by atoms with Crippen molar-refractivity contribution in [2.75, 3.05) is 26.2 Å². The molecule has 8 nitrogen and oxygen atoms in total. The van der Waals surface area contributed by atoms with Crippen LogP contribution < -0.4 is 5.32 Å². The minimum Gasteiger partial charge on any atom is -0.462 e. The molecule has 7 fully saturated rings. The number of ether oxygens (including phenoxy) is 2. The SMILES string of the molecule is C=C(NC12CCC3C(CCC4C3(C)CCC3C(C)C(OC(=O)C5CC(C(=O)OCc6ccccc6)C5C)CCC34C)C1=C(C(C)C)C(=O)C2)N1CCCC1CN1CCCC1. The van der Waals surface area contributed by atoms with E-state index in [1.54, 1.807) is 0 Å². The van der Waals surface area contributed by atoms with Crippen molar-refractivity contribution in [1.29, 1.82) is 0 Å². The second-order valence-electron chi connectivity index (χ2n) is 22.0. The number of carbonyl (C=O) groups excluding carboxylic acids is 3. The summed E-state index contributed by atoms with van der Waals surface area (Å²) in [5.41, 5.74) is 3.68. The summed E-state index contributed by atoms with van der Waals surface area (Å²) in [6.45, 7) is 23.7. The highest BCUT2D eigenvalue weighted by atomic mass is 16.5. The van der Waals surface area contributed by atoms with Crippen LogP contribution in [0.1, 0.15) is 137 Å². The lowest BCUT2D eigenvalue weighted by atomic mass is 9.38. The third-order valence-corrected chi connectivity index (χ3v) is 18.8. The second kappa shape index (κ2) is 16.2. The second-order valence-corrected chi connectivity index (χ2v) is 22.0. The largest absolute Gasteiger partial charge is 0.462 e. The normalized spacial score (nSPS) is 41.2. The van der Waals surface area contributed by atoms with E-state index in [4.69, 9.17) is 16.1 Å². The van der Waals surface area contributed by atoms with E-state index in [2.05, 4.69) is 49.7 Å². The van der Waals surface area contributed by atoms with Crippen LogP contribution in [0.3, 0.4) is 0 Å². The van der Waals surface area contributed by atoms with Crippen molar-refractivity contribution in [3.63, 3.8) is 0 Å². The molecule has 6 aliphatic carbocycles. The third kappa shape index (κ3) is 7.09. The van der Waals surface area contributed by atoms with E-state index in [-0.39, 0.29) is 64.7 Å². The van der Waals surface area contributed by atoms with Crippen LogP contribution in [0.15, 0.2) is 53.9 Å². The number of fused-ring (bicyclic) bond motifs is 7. The minimum atomic E-state index is -0.309. The molecular formula is C52H75N3O5. The summed E-state index contributed by atoms with van der Waals surface area (Å²) < 4.78 is 12.1. The topological polar surface area (TPSA) is 88.2 Å². The Morgan fingerprint density at radius 1 is 0.850 bits per heavy atom. The molecule has 8 heteroatoms. The lowest BCUT2D eigenvalue weighted by Gasteiger charge is -2.67. The van der Waals surface area contributed by atoms with Gasteiger partial charge in [-0.25, -0.2) is 0 Å². The number of ketones is 1. The Labute approximate surface area is 361 Å². The van der Waals surface area contributed by atoms with Crippen molar-refractivity contribution < 1.29 is 23.9 Å². The Kier molecular flexibility index (Phi) is 11.4. The maximum atomic E-state index is 14.2. The maximum absolute atomic E-state index is 14.2. The van der Waals surface area contributed by atoms with E-state index in [0.29, 0.717) is 54.3 Å². The van der Waals surface area contributed by atoms with E-state index in [9.17, 15) is 14.4 Å². The molecule has 2 saturated heterocycles. The fourth-order valence-electron chi connectivity index (χ4n) is 15.7. The number of nitrogens with one attached hydrogen (secondary N) is 1. The monoisotopic (exact) mass is 822 g/mol. The first kappa shape index (κ1) is 42.2. The third-order valence-electron chi connectivity index (χ3n) is 18.8. The fourth-order valence-corrected chi connectivity index (χ4v) is 15.7. The summed E-state index contributed by atoms with van der Waals surface area (Å²) >= 11 is 0. The molecular weight excluding hydrogens is 747 g/mol. The van der Waals surface area contributed by atoms with Gasteiger partial charge in [0, 0.05) is 25.6 Å². The van der Waals surface area contributed by atoms with Crippen molar-refractivity contribution in [2.45, 2.75) is 156 Å². The number of hydrogen-bond donors (Lipinski definition) is 1. The first-order valence-electron chi connectivity index (χ1n) is 24.4. The zero-order chi connectivity index (χ0) is 42.1. The minimum absolute atomic E-state index is 0.0728. The van der Waals surface area contributed by atoms with E-state index in [1.807, 2.05) is 37.3 Å². The van der Waals surface area contributed by atoms with Crippen molar-refractivity contribution in [3.05, 3.63) is 59.4 Å². The summed E-state index contributed by atoms with van der Waals surface area (Å²) in [5.74, 6) is 3.18. The molecule has 0 bridgehead atoms. The average molecular weight is 822 g/mol. The molecule has 1 aromatic carbocycles. The Morgan fingerprint density at radius 2 is 1.55 bits per heavy atom. The number of Topliss-reactive ketones (excluding diaryl/α,β-unsaturated/α-hetero) is 1. The van der Waals surface area contributed by atoms with Crippen molar-refractivity contribution in [2.24, 2.45) is 64.1 Å². The average Bonchev–Trinajstić information content (AvgIpc) is 3.97. The van der Waals surface area contributed by atoms with Gasteiger partial charge in [-0.15, -0.1) is 0 Å². The Balaban J connectivity index is 0.861. The molecule has 2 heterocycles. The zero-order valence-corrected chi connectivity index (χ0v) is 37.8. The first-order chi connectivity index (χ1) is 28.7. The van der Waals surface area contributed by atoms with Crippen LogP contribution in [0, 0.1) is 64.1 Å². The molecule has 2 aliphatic heterocycles. The van der Waals surface area contributed by atoms with E-state index < -0.39 is 0 Å². The summed E-state index contributed by atoms with van der Waals surface area (Å²) in [6.07, 6.45) is 15.0. The van der Waals surface area contributed by atoms with Gasteiger partial charge in [0.2, 0.25) is 0 Å². The number of allylic oxidation sites excluding steroid dienone is 1. The Bertz CT molecular complexity index is 1850. The van der Waals surface area contributed by atoms with E-state index >= 15 is 0 Å². The molecule has 5 saturated carbocycles. The van der Waals surface area contributed by atoms with Gasteiger partial charge in [-0.3, -0.25) is 14.4 Å². The predicted molar refractivity (Wildman–Crippen MR) is 235 cm³/mol. The van der Waals surface area contributed by atoms with Gasteiger partial charge in [-0.05, 0) is 166 Å². The van der Waals surface area contributed by atoms with Crippen LogP contribution in [-0.2, 0) is 30.5 Å². The smallest absolute Gasteiger partial charge is 0.309 e. The van der Waals surface area contributed by atoms with Crippen molar-refractivity contribution in [3.8, 4) is 0 Å². The molecule has 1 N–H and O–H groups in total. The highest BCUT2D eigenvalue weighted by molar-refractivity contribution is 6.01. The molecule has 0 spiro atoms. The highest BCUT2D eigenvalue weighted by Crippen LogP contribution is 2.71. The molecule has 0 amide bonds. The number of rotatable bonds is 11. The molecule has 13 unspecified atom stereocenters. The van der Waals surface area contributed by atoms with Gasteiger partial charge in [0.05, 0.1) is 23.2 Å². The first-order valence-corrected chi connectivity index (χ1v) is 24.4. The van der Waals surface area contributed by atoms with Crippen molar-refractivity contribution >= 4 is 17.7 Å². The maximum Gasteiger partial charge on any atom is 0.309 e. The number of likely N-dealkylation sites (tertiary alicyclic amines) is 2. The number of benzene rings is 1. The van der Waals surface area contributed by atoms with E-state index in [0.717, 1.165) is 62.2 Å². The van der Waals surface area contributed by atoms with Gasteiger partial charge in [0.25, 0.3) is 0 Å². The lowest BCUT2D eigenvalue weighted by molar-refractivity contribution is -0.196. The van der Waals surface area contributed by atoms with Gasteiger partial charge in [0.15, 0.2) is 5.78 Å². The van der Waals surface area contributed by atoms with Gasteiger partial charge < -0.3 is 24.6 Å². The Morgan fingerprint density at radius 3 is 2.28 bits per heavy atom. The van der Waals surface area contributed by atoms with Crippen LogP contribution in [0.2, 0.25) is 0 Å². The molecule has 9 rings (SSSR count). The quantitative estimate of drug-likeness (QED) is 0.221. The number of carbonyl (C=O) groups is 3. The number of nitrogens with zero attached hydrogens (tertiary/aromatic N) is 2. The molecule has 1 aromatic rings. The van der Waals surface area contributed by atoms with Crippen LogP contribution in [0.5, 0.6) is 0 Å². The van der Waals surface area contributed by atoms with Gasteiger partial charge in [-0.2, -0.15) is 0 Å². The molecule has 0 aromatic heterocycles. The Hall–Kier alpha value is -3.13. The molecule has 328 valence electrons. The fraction of sp³-hybridized carbons (Fsp3) is 0.750. The summed E-state index contributed by atoms with van der Waals surface area (Å²) in [5, 5.41) is 4.11. The zero-order valence-electron chi connectivity index (χ0n) is 37.8.